The number of nitrogens with two attached hydrogens (primary N) is 1. The number of amides is 2. The van der Waals surface area contributed by atoms with E-state index in [4.69, 9.17) is 5.73 Å². The van der Waals surface area contributed by atoms with E-state index in [1.165, 1.54) is 30.3 Å². The number of phenolic OH excluding ortho intramolecular Hbond substituents is 1. The van der Waals surface area contributed by atoms with Gasteiger partial charge in [0, 0.05) is 11.8 Å². The average molecular weight is 257 g/mol. The molecule has 0 fully saturated rings. The lowest BCUT2D eigenvalue weighted by Crippen LogP contribution is -2.18. The standard InChI is InChI=1S/C13H11N3O3/c14-12(18)10-5-2-6-11(16-10)13(19)15-8-3-1-4-9(17)7-8/h1-7,17H,(H2,14,18)(H,15,19). The fraction of sp³-hybridized carbons (Fsp3) is 0. The summed E-state index contributed by atoms with van der Waals surface area (Å²) in [4.78, 5) is 26.7. The average Bonchev–Trinajstić information content (AvgIpc) is 2.39. The summed E-state index contributed by atoms with van der Waals surface area (Å²) in [6, 6.07) is 10.5. The Morgan fingerprint density at radius 1 is 1.11 bits per heavy atom. The number of hydrogen-bond acceptors (Lipinski definition) is 4. The van der Waals surface area contributed by atoms with Crippen LogP contribution in [0.25, 0.3) is 0 Å². The summed E-state index contributed by atoms with van der Waals surface area (Å²) in [6.07, 6.45) is 0. The maximum atomic E-state index is 11.9. The number of nitrogens with one attached hydrogen (secondary N) is 1. The van der Waals surface area contributed by atoms with Gasteiger partial charge < -0.3 is 16.2 Å². The molecule has 19 heavy (non-hydrogen) atoms. The first-order chi connectivity index (χ1) is 9.06. The molecule has 0 aliphatic rings. The zero-order valence-corrected chi connectivity index (χ0v) is 9.83. The van der Waals surface area contributed by atoms with Gasteiger partial charge in [-0.1, -0.05) is 12.1 Å². The predicted molar refractivity (Wildman–Crippen MR) is 68.8 cm³/mol. The highest BCUT2D eigenvalue weighted by molar-refractivity contribution is 6.03. The van der Waals surface area contributed by atoms with Crippen LogP contribution in [0.1, 0.15) is 21.0 Å². The zero-order valence-electron chi connectivity index (χ0n) is 9.83. The number of carbonyl (C=O) groups is 2. The van der Waals surface area contributed by atoms with Crippen molar-refractivity contribution in [2.45, 2.75) is 0 Å². The van der Waals surface area contributed by atoms with Gasteiger partial charge in [0.25, 0.3) is 11.8 Å². The van der Waals surface area contributed by atoms with Crippen LogP contribution in [0, 0.1) is 0 Å². The summed E-state index contributed by atoms with van der Waals surface area (Å²) in [5.74, 6) is -1.16. The molecule has 0 aliphatic carbocycles. The monoisotopic (exact) mass is 257 g/mol. The van der Waals surface area contributed by atoms with Crippen LogP contribution in [-0.2, 0) is 0 Å². The molecule has 0 unspecified atom stereocenters. The second-order valence-corrected chi connectivity index (χ2v) is 3.78. The normalized spacial score (nSPS) is 9.89. The highest BCUT2D eigenvalue weighted by atomic mass is 16.3. The fourth-order valence-corrected chi connectivity index (χ4v) is 1.48. The van der Waals surface area contributed by atoms with Crippen molar-refractivity contribution in [3.05, 3.63) is 53.9 Å². The van der Waals surface area contributed by atoms with E-state index in [1.54, 1.807) is 12.1 Å². The Labute approximate surface area is 108 Å². The van der Waals surface area contributed by atoms with Crippen LogP contribution in [0.3, 0.4) is 0 Å². The number of anilines is 1. The lowest BCUT2D eigenvalue weighted by molar-refractivity contribution is 0.0995. The molecule has 4 N–H and O–H groups in total. The topological polar surface area (TPSA) is 105 Å². The van der Waals surface area contributed by atoms with E-state index in [0.29, 0.717) is 5.69 Å². The van der Waals surface area contributed by atoms with Crippen LogP contribution in [-0.4, -0.2) is 21.9 Å². The highest BCUT2D eigenvalue weighted by Crippen LogP contribution is 2.16. The molecule has 6 nitrogen and oxygen atoms in total. The van der Waals surface area contributed by atoms with Crippen LogP contribution in [0.15, 0.2) is 42.5 Å². The van der Waals surface area contributed by atoms with E-state index < -0.39 is 11.8 Å². The van der Waals surface area contributed by atoms with E-state index in [2.05, 4.69) is 10.3 Å². The molecule has 0 atom stereocenters. The largest absolute Gasteiger partial charge is 0.508 e. The van der Waals surface area contributed by atoms with Gasteiger partial charge in [-0.25, -0.2) is 4.98 Å². The van der Waals surface area contributed by atoms with Gasteiger partial charge in [-0.2, -0.15) is 0 Å². The molecule has 2 aromatic rings. The fourth-order valence-electron chi connectivity index (χ4n) is 1.48. The lowest BCUT2D eigenvalue weighted by Gasteiger charge is -2.05. The number of aromatic hydroxyl groups is 1. The van der Waals surface area contributed by atoms with Gasteiger partial charge in [0.1, 0.15) is 17.1 Å². The van der Waals surface area contributed by atoms with Crippen molar-refractivity contribution >= 4 is 17.5 Å². The Bertz CT molecular complexity index is 641. The summed E-state index contributed by atoms with van der Waals surface area (Å²) in [5.41, 5.74) is 5.60. The summed E-state index contributed by atoms with van der Waals surface area (Å²) < 4.78 is 0. The molecule has 0 saturated carbocycles. The number of primary amides is 1. The van der Waals surface area contributed by atoms with Crippen molar-refractivity contribution in [3.63, 3.8) is 0 Å². The summed E-state index contributed by atoms with van der Waals surface area (Å²) in [5, 5.41) is 11.8. The van der Waals surface area contributed by atoms with Gasteiger partial charge >= 0.3 is 0 Å². The first-order valence-electron chi connectivity index (χ1n) is 5.43. The minimum Gasteiger partial charge on any atom is -0.508 e. The number of rotatable bonds is 3. The van der Waals surface area contributed by atoms with Gasteiger partial charge in [0.15, 0.2) is 0 Å². The second kappa shape index (κ2) is 5.18. The van der Waals surface area contributed by atoms with Crippen LogP contribution in [0.4, 0.5) is 5.69 Å². The third-order valence-corrected chi connectivity index (χ3v) is 2.34. The van der Waals surface area contributed by atoms with E-state index in [1.807, 2.05) is 0 Å². The minimum absolute atomic E-state index is 0.0172. The van der Waals surface area contributed by atoms with E-state index in [9.17, 15) is 14.7 Å². The quantitative estimate of drug-likeness (QED) is 0.766. The van der Waals surface area contributed by atoms with Crippen LogP contribution in [0.5, 0.6) is 5.75 Å². The lowest BCUT2D eigenvalue weighted by atomic mass is 10.2. The van der Waals surface area contributed by atoms with Crippen molar-refractivity contribution in [3.8, 4) is 5.75 Å². The van der Waals surface area contributed by atoms with Crippen LogP contribution >= 0.6 is 0 Å². The number of aromatic nitrogens is 1. The number of hydrogen-bond donors (Lipinski definition) is 3. The molecule has 1 aromatic carbocycles. The molecular weight excluding hydrogens is 246 g/mol. The predicted octanol–water partition coefficient (Wildman–Crippen LogP) is 1.14. The molecule has 1 heterocycles. The molecule has 2 amide bonds. The molecule has 2 rings (SSSR count). The van der Waals surface area contributed by atoms with Crippen molar-refractivity contribution < 1.29 is 14.7 Å². The number of phenols is 1. The smallest absolute Gasteiger partial charge is 0.274 e. The Morgan fingerprint density at radius 3 is 2.47 bits per heavy atom. The van der Waals surface area contributed by atoms with Gasteiger partial charge in [0.2, 0.25) is 0 Å². The maximum Gasteiger partial charge on any atom is 0.274 e. The van der Waals surface area contributed by atoms with E-state index in [0.717, 1.165) is 0 Å². The number of nitrogens with zero attached hydrogens (tertiary/aromatic N) is 1. The maximum absolute atomic E-state index is 11.9. The molecule has 0 aliphatic heterocycles. The van der Waals surface area contributed by atoms with Gasteiger partial charge in [-0.05, 0) is 24.3 Å². The SMILES string of the molecule is NC(=O)c1cccc(C(=O)Nc2cccc(O)c2)n1. The van der Waals surface area contributed by atoms with Crippen molar-refractivity contribution in [1.82, 2.24) is 4.98 Å². The molecule has 1 aromatic heterocycles. The summed E-state index contributed by atoms with van der Waals surface area (Å²) in [6.45, 7) is 0. The van der Waals surface area contributed by atoms with Crippen molar-refractivity contribution in [2.24, 2.45) is 5.73 Å². The molecule has 0 radical (unpaired) electrons. The van der Waals surface area contributed by atoms with Crippen molar-refractivity contribution in [2.75, 3.05) is 5.32 Å². The second-order valence-electron chi connectivity index (χ2n) is 3.78. The Balaban J connectivity index is 2.20. The first kappa shape index (κ1) is 12.6. The van der Waals surface area contributed by atoms with E-state index >= 15 is 0 Å². The number of carbonyl (C=O) groups excluding carboxylic acids is 2. The Hall–Kier alpha value is -2.89. The highest BCUT2D eigenvalue weighted by Gasteiger charge is 2.10. The summed E-state index contributed by atoms with van der Waals surface area (Å²) >= 11 is 0. The minimum atomic E-state index is -0.702. The molecule has 6 heteroatoms. The number of benzene rings is 1. The van der Waals surface area contributed by atoms with Crippen LogP contribution in [0.2, 0.25) is 0 Å². The third-order valence-electron chi connectivity index (χ3n) is 2.34. The Morgan fingerprint density at radius 2 is 1.79 bits per heavy atom. The molecule has 0 saturated heterocycles. The molecule has 0 spiro atoms. The third kappa shape index (κ3) is 3.06. The number of pyridine rings is 1. The van der Waals surface area contributed by atoms with Gasteiger partial charge in [0.05, 0.1) is 0 Å². The van der Waals surface area contributed by atoms with E-state index in [-0.39, 0.29) is 17.1 Å². The molecule has 96 valence electrons. The van der Waals surface area contributed by atoms with Gasteiger partial charge in [-0.15, -0.1) is 0 Å². The first-order valence-corrected chi connectivity index (χ1v) is 5.43. The van der Waals surface area contributed by atoms with Crippen LogP contribution < -0.4 is 11.1 Å². The van der Waals surface area contributed by atoms with Gasteiger partial charge in [-0.3, -0.25) is 9.59 Å². The Kier molecular flexibility index (Phi) is 3.42. The van der Waals surface area contributed by atoms with Crippen molar-refractivity contribution in [1.29, 1.82) is 0 Å². The molecular formula is C13H11N3O3. The zero-order chi connectivity index (χ0) is 13.8. The summed E-state index contributed by atoms with van der Waals surface area (Å²) in [7, 11) is 0. The molecule has 0 bridgehead atoms.